The molecule has 2 aromatic rings. The number of carbonyl (C=O) groups is 1. The predicted molar refractivity (Wildman–Crippen MR) is 61.3 cm³/mol. The van der Waals surface area contributed by atoms with Gasteiger partial charge in [-0.15, -0.1) is 0 Å². The van der Waals surface area contributed by atoms with Gasteiger partial charge < -0.3 is 4.42 Å². The molecule has 4 heteroatoms. The quantitative estimate of drug-likeness (QED) is 0.783. The fourth-order valence-corrected chi connectivity index (χ4v) is 1.80. The Hall–Kier alpha value is -1.06. The van der Waals surface area contributed by atoms with Gasteiger partial charge in [0.15, 0.2) is 5.76 Å². The van der Waals surface area contributed by atoms with E-state index in [1.807, 2.05) is 0 Å². The molecule has 0 aliphatic heterocycles. The first-order valence-corrected chi connectivity index (χ1v) is 5.39. The largest absolute Gasteiger partial charge is 0.461 e. The molecule has 1 aromatic carbocycles. The van der Waals surface area contributed by atoms with E-state index in [1.165, 1.54) is 6.26 Å². The molecule has 0 radical (unpaired) electrons. The standard InChI is InChI=1S/C11H6BrClO2/c12-8-4-1-3-7(10(8)13)11(14)9-5-2-6-15-9/h1-6H. The molecule has 0 unspecified atom stereocenters. The minimum absolute atomic E-state index is 0.216. The highest BCUT2D eigenvalue weighted by Gasteiger charge is 2.16. The first-order valence-electron chi connectivity index (χ1n) is 4.22. The maximum Gasteiger partial charge on any atom is 0.229 e. The van der Waals surface area contributed by atoms with Crippen LogP contribution < -0.4 is 0 Å². The summed E-state index contributed by atoms with van der Waals surface area (Å²) in [6, 6.07) is 8.48. The van der Waals surface area contributed by atoms with Crippen molar-refractivity contribution < 1.29 is 9.21 Å². The Balaban J connectivity index is 2.47. The molecule has 1 heterocycles. The Bertz CT molecular complexity index is 491. The predicted octanol–water partition coefficient (Wildman–Crippen LogP) is 3.93. The summed E-state index contributed by atoms with van der Waals surface area (Å²) >= 11 is 9.26. The Morgan fingerprint density at radius 2 is 2.07 bits per heavy atom. The van der Waals surface area contributed by atoms with Crippen LogP contribution in [-0.2, 0) is 0 Å². The highest BCUT2D eigenvalue weighted by atomic mass is 79.9. The summed E-state index contributed by atoms with van der Waals surface area (Å²) in [5.41, 5.74) is 0.431. The zero-order valence-electron chi connectivity index (χ0n) is 7.54. The molecule has 0 N–H and O–H groups in total. The molecule has 0 amide bonds. The summed E-state index contributed by atoms with van der Waals surface area (Å²) in [6.45, 7) is 0. The normalized spacial score (nSPS) is 10.3. The van der Waals surface area contributed by atoms with Gasteiger partial charge in [-0.1, -0.05) is 17.7 Å². The fraction of sp³-hybridized carbons (Fsp3) is 0. The molecule has 0 aliphatic carbocycles. The van der Waals surface area contributed by atoms with E-state index in [1.54, 1.807) is 30.3 Å². The van der Waals surface area contributed by atoms with Crippen LogP contribution >= 0.6 is 27.5 Å². The van der Waals surface area contributed by atoms with Crippen LogP contribution in [-0.4, -0.2) is 5.78 Å². The molecular formula is C11H6BrClO2. The number of carbonyl (C=O) groups excluding carboxylic acids is 1. The molecule has 2 nitrogen and oxygen atoms in total. The molecule has 0 atom stereocenters. The minimum Gasteiger partial charge on any atom is -0.461 e. The Labute approximate surface area is 100.0 Å². The van der Waals surface area contributed by atoms with Crippen LogP contribution in [0.4, 0.5) is 0 Å². The molecule has 0 saturated heterocycles. The number of ketones is 1. The number of furan rings is 1. The van der Waals surface area contributed by atoms with E-state index in [-0.39, 0.29) is 11.5 Å². The molecule has 76 valence electrons. The van der Waals surface area contributed by atoms with Gasteiger partial charge in [0.25, 0.3) is 0 Å². The molecule has 15 heavy (non-hydrogen) atoms. The van der Waals surface area contributed by atoms with Gasteiger partial charge in [-0.3, -0.25) is 4.79 Å². The third kappa shape index (κ3) is 1.98. The van der Waals surface area contributed by atoms with Crippen LogP contribution in [0.25, 0.3) is 0 Å². The summed E-state index contributed by atoms with van der Waals surface area (Å²) in [4.78, 5) is 11.9. The smallest absolute Gasteiger partial charge is 0.229 e. The second kappa shape index (κ2) is 4.21. The lowest BCUT2D eigenvalue weighted by Gasteiger charge is -2.02. The number of hydrogen-bond acceptors (Lipinski definition) is 2. The Kier molecular flexibility index (Phi) is 2.93. The van der Waals surface area contributed by atoms with Gasteiger partial charge in [0.05, 0.1) is 11.3 Å². The number of benzene rings is 1. The summed E-state index contributed by atoms with van der Waals surface area (Å²) < 4.78 is 5.72. The maximum absolute atomic E-state index is 11.9. The van der Waals surface area contributed by atoms with E-state index >= 15 is 0 Å². The summed E-state index contributed by atoms with van der Waals surface area (Å²) in [5.74, 6) is 0.0706. The molecular weight excluding hydrogens is 279 g/mol. The lowest BCUT2D eigenvalue weighted by molar-refractivity contribution is 0.101. The topological polar surface area (TPSA) is 30.2 Å². The zero-order chi connectivity index (χ0) is 10.8. The first-order chi connectivity index (χ1) is 7.20. The molecule has 0 bridgehead atoms. The van der Waals surface area contributed by atoms with Crippen molar-refractivity contribution in [2.24, 2.45) is 0 Å². The average molecular weight is 286 g/mol. The van der Waals surface area contributed by atoms with Gasteiger partial charge in [-0.05, 0) is 40.2 Å². The second-order valence-corrected chi connectivity index (χ2v) is 4.14. The molecule has 0 fully saturated rings. The van der Waals surface area contributed by atoms with Crippen LogP contribution in [0.1, 0.15) is 16.1 Å². The van der Waals surface area contributed by atoms with Gasteiger partial charge in [0.1, 0.15) is 0 Å². The monoisotopic (exact) mass is 284 g/mol. The van der Waals surface area contributed by atoms with Crippen molar-refractivity contribution in [2.45, 2.75) is 0 Å². The lowest BCUT2D eigenvalue weighted by Crippen LogP contribution is -2.00. The van der Waals surface area contributed by atoms with Crippen molar-refractivity contribution >= 4 is 33.3 Å². The third-order valence-corrected chi connectivity index (χ3v) is 3.24. The van der Waals surface area contributed by atoms with Gasteiger partial charge in [0, 0.05) is 10.0 Å². The van der Waals surface area contributed by atoms with Gasteiger partial charge in [-0.25, -0.2) is 0 Å². The van der Waals surface area contributed by atoms with E-state index in [4.69, 9.17) is 16.0 Å². The highest BCUT2D eigenvalue weighted by molar-refractivity contribution is 9.10. The fourth-order valence-electron chi connectivity index (χ4n) is 1.22. The van der Waals surface area contributed by atoms with E-state index in [2.05, 4.69) is 15.9 Å². The number of rotatable bonds is 2. The molecule has 2 rings (SSSR count). The Morgan fingerprint density at radius 3 is 2.73 bits per heavy atom. The SMILES string of the molecule is O=C(c1ccco1)c1cccc(Br)c1Cl. The van der Waals surface area contributed by atoms with Crippen molar-refractivity contribution in [3.05, 3.63) is 57.4 Å². The van der Waals surface area contributed by atoms with Crippen molar-refractivity contribution in [3.8, 4) is 0 Å². The minimum atomic E-state index is -0.216. The number of hydrogen-bond donors (Lipinski definition) is 0. The zero-order valence-corrected chi connectivity index (χ0v) is 9.88. The summed E-state index contributed by atoms with van der Waals surface area (Å²) in [5, 5.41) is 0.402. The van der Waals surface area contributed by atoms with E-state index in [9.17, 15) is 4.79 Å². The van der Waals surface area contributed by atoms with Crippen molar-refractivity contribution in [2.75, 3.05) is 0 Å². The number of halogens is 2. The molecule has 1 aromatic heterocycles. The van der Waals surface area contributed by atoms with Crippen molar-refractivity contribution in [1.82, 2.24) is 0 Å². The summed E-state index contributed by atoms with van der Waals surface area (Å²) in [6.07, 6.45) is 1.46. The Morgan fingerprint density at radius 1 is 1.27 bits per heavy atom. The van der Waals surface area contributed by atoms with Gasteiger partial charge in [0.2, 0.25) is 5.78 Å². The van der Waals surface area contributed by atoms with E-state index in [0.717, 1.165) is 0 Å². The molecule has 0 saturated carbocycles. The van der Waals surface area contributed by atoms with E-state index < -0.39 is 0 Å². The van der Waals surface area contributed by atoms with Crippen LogP contribution in [0.5, 0.6) is 0 Å². The molecule has 0 aliphatic rings. The van der Waals surface area contributed by atoms with Crippen LogP contribution in [0.15, 0.2) is 45.5 Å². The first kappa shape index (κ1) is 10.5. The lowest BCUT2D eigenvalue weighted by atomic mass is 10.1. The molecule has 0 spiro atoms. The average Bonchev–Trinajstić information content (AvgIpc) is 2.74. The van der Waals surface area contributed by atoms with Gasteiger partial charge in [-0.2, -0.15) is 0 Å². The van der Waals surface area contributed by atoms with Crippen LogP contribution in [0.2, 0.25) is 5.02 Å². The van der Waals surface area contributed by atoms with Crippen LogP contribution in [0.3, 0.4) is 0 Å². The van der Waals surface area contributed by atoms with Crippen molar-refractivity contribution in [3.63, 3.8) is 0 Å². The van der Waals surface area contributed by atoms with Gasteiger partial charge >= 0.3 is 0 Å². The maximum atomic E-state index is 11.9. The second-order valence-electron chi connectivity index (χ2n) is 2.91. The van der Waals surface area contributed by atoms with Crippen LogP contribution in [0, 0.1) is 0 Å². The summed E-state index contributed by atoms with van der Waals surface area (Å²) in [7, 11) is 0. The third-order valence-electron chi connectivity index (χ3n) is 1.94. The van der Waals surface area contributed by atoms with Crippen molar-refractivity contribution in [1.29, 1.82) is 0 Å². The van der Waals surface area contributed by atoms with E-state index in [0.29, 0.717) is 15.1 Å². The highest BCUT2D eigenvalue weighted by Crippen LogP contribution is 2.27.